The summed E-state index contributed by atoms with van der Waals surface area (Å²) in [4.78, 5) is 10.7. The highest BCUT2D eigenvalue weighted by atomic mass is 35.5. The third-order valence-electron chi connectivity index (χ3n) is 2.18. The molecule has 0 saturated carbocycles. The largest absolute Gasteiger partial charge is 0.478 e. The Bertz CT molecular complexity index is 446. The van der Waals surface area contributed by atoms with Crippen molar-refractivity contribution in [2.45, 2.75) is 6.42 Å². The van der Waals surface area contributed by atoms with Crippen LogP contribution in [-0.4, -0.2) is 24.7 Å². The van der Waals surface area contributed by atoms with E-state index in [0.29, 0.717) is 0 Å². The zero-order chi connectivity index (χ0) is 12.8. The topological polar surface area (TPSA) is 49.3 Å². The molecule has 0 aromatic heterocycles. The molecule has 0 spiro atoms. The van der Waals surface area contributed by atoms with E-state index in [0.717, 1.165) is 19.0 Å². The van der Waals surface area contributed by atoms with Gasteiger partial charge in [0.15, 0.2) is 0 Å². The summed E-state index contributed by atoms with van der Waals surface area (Å²) in [5.74, 6) is -1.83. The van der Waals surface area contributed by atoms with Gasteiger partial charge in [-0.25, -0.2) is 9.18 Å². The third-order valence-corrected chi connectivity index (χ3v) is 2.49. The van der Waals surface area contributed by atoms with Gasteiger partial charge >= 0.3 is 5.97 Å². The molecule has 1 rings (SSSR count). The van der Waals surface area contributed by atoms with Crippen LogP contribution in [-0.2, 0) is 0 Å². The molecule has 92 valence electrons. The average molecular weight is 258 g/mol. The van der Waals surface area contributed by atoms with E-state index in [1.807, 2.05) is 7.05 Å². The maximum Gasteiger partial charge on any atom is 0.337 e. The van der Waals surface area contributed by atoms with Crippen molar-refractivity contribution in [2.75, 3.05) is 13.6 Å². The minimum atomic E-state index is -1.24. The van der Waals surface area contributed by atoms with Crippen LogP contribution < -0.4 is 5.32 Å². The normalized spacial score (nSPS) is 11.0. The van der Waals surface area contributed by atoms with E-state index in [9.17, 15) is 9.18 Å². The van der Waals surface area contributed by atoms with Crippen LogP contribution in [0.15, 0.2) is 18.2 Å². The number of hydrogen-bond acceptors (Lipinski definition) is 2. The van der Waals surface area contributed by atoms with Crippen molar-refractivity contribution < 1.29 is 14.3 Å². The maximum atomic E-state index is 13.5. The Morgan fingerprint density at radius 2 is 2.29 bits per heavy atom. The minimum Gasteiger partial charge on any atom is -0.478 e. The van der Waals surface area contributed by atoms with Crippen LogP contribution in [0.1, 0.15) is 22.3 Å². The molecule has 0 radical (unpaired) electrons. The second-order valence-corrected chi connectivity index (χ2v) is 3.86. The van der Waals surface area contributed by atoms with Crippen LogP contribution in [0.2, 0.25) is 5.02 Å². The van der Waals surface area contributed by atoms with Crippen LogP contribution in [0.4, 0.5) is 4.39 Å². The molecule has 0 bridgehead atoms. The molecule has 0 aliphatic carbocycles. The molecule has 1 aromatic carbocycles. The first kappa shape index (κ1) is 13.7. The summed E-state index contributed by atoms with van der Waals surface area (Å²) < 4.78 is 13.5. The van der Waals surface area contributed by atoms with E-state index < -0.39 is 11.8 Å². The predicted molar refractivity (Wildman–Crippen MR) is 65.9 cm³/mol. The fourth-order valence-corrected chi connectivity index (χ4v) is 1.54. The smallest absolute Gasteiger partial charge is 0.337 e. The molecule has 0 aliphatic heterocycles. The zero-order valence-electron chi connectivity index (χ0n) is 9.34. The first-order valence-electron chi connectivity index (χ1n) is 5.09. The van der Waals surface area contributed by atoms with Crippen molar-refractivity contribution in [3.63, 3.8) is 0 Å². The lowest BCUT2D eigenvalue weighted by Gasteiger charge is -2.02. The van der Waals surface area contributed by atoms with Gasteiger partial charge in [-0.2, -0.15) is 0 Å². The van der Waals surface area contributed by atoms with Crippen LogP contribution >= 0.6 is 11.6 Å². The molecular weight excluding hydrogens is 245 g/mol. The SMILES string of the molecule is CNCCC=Cc1cc(Cl)c(C(=O)O)cc1F. The summed E-state index contributed by atoms with van der Waals surface area (Å²) >= 11 is 5.74. The Kier molecular flexibility index (Phi) is 5.12. The number of benzene rings is 1. The summed E-state index contributed by atoms with van der Waals surface area (Å²) in [7, 11) is 1.83. The highest BCUT2D eigenvalue weighted by Gasteiger charge is 2.12. The van der Waals surface area contributed by atoms with Crippen molar-refractivity contribution in [2.24, 2.45) is 0 Å². The van der Waals surface area contributed by atoms with E-state index in [1.165, 1.54) is 6.07 Å². The number of rotatable bonds is 5. The summed E-state index contributed by atoms with van der Waals surface area (Å²) in [6.07, 6.45) is 4.14. The molecule has 0 amide bonds. The summed E-state index contributed by atoms with van der Waals surface area (Å²) in [6.45, 7) is 0.791. The Morgan fingerprint density at radius 1 is 1.59 bits per heavy atom. The van der Waals surface area contributed by atoms with Gasteiger partial charge in [-0.3, -0.25) is 0 Å². The molecule has 0 unspecified atom stereocenters. The monoisotopic (exact) mass is 257 g/mol. The summed E-state index contributed by atoms with van der Waals surface area (Å²) in [5, 5.41) is 11.7. The lowest BCUT2D eigenvalue weighted by molar-refractivity contribution is 0.0696. The van der Waals surface area contributed by atoms with Crippen LogP contribution in [0.5, 0.6) is 0 Å². The molecular formula is C12H13ClFNO2. The Labute approximate surface area is 104 Å². The maximum absolute atomic E-state index is 13.5. The zero-order valence-corrected chi connectivity index (χ0v) is 10.1. The number of aromatic carboxylic acids is 1. The van der Waals surface area contributed by atoms with Crippen molar-refractivity contribution in [1.29, 1.82) is 0 Å². The van der Waals surface area contributed by atoms with Crippen LogP contribution in [0.3, 0.4) is 0 Å². The van der Waals surface area contributed by atoms with Gasteiger partial charge in [0.25, 0.3) is 0 Å². The van der Waals surface area contributed by atoms with Gasteiger partial charge in [0.05, 0.1) is 10.6 Å². The fourth-order valence-electron chi connectivity index (χ4n) is 1.29. The molecule has 0 saturated heterocycles. The van der Waals surface area contributed by atoms with Crippen LogP contribution in [0, 0.1) is 5.82 Å². The highest BCUT2D eigenvalue weighted by molar-refractivity contribution is 6.33. The van der Waals surface area contributed by atoms with Gasteiger partial charge in [-0.05, 0) is 32.1 Å². The Hall–Kier alpha value is -1.39. The molecule has 2 N–H and O–H groups in total. The molecule has 0 atom stereocenters. The molecule has 5 heteroatoms. The Balaban J connectivity index is 2.92. The molecule has 1 aromatic rings. The lowest BCUT2D eigenvalue weighted by Crippen LogP contribution is -2.05. The summed E-state index contributed by atoms with van der Waals surface area (Å²) in [6, 6.07) is 2.25. The van der Waals surface area contributed by atoms with Crippen molar-refractivity contribution in [3.05, 3.63) is 40.2 Å². The van der Waals surface area contributed by atoms with E-state index in [1.54, 1.807) is 12.2 Å². The standard InChI is InChI=1S/C12H13ClFNO2/c1-15-5-3-2-4-8-6-10(13)9(12(16)17)7-11(8)14/h2,4,6-7,15H,3,5H2,1H3,(H,16,17). The van der Waals surface area contributed by atoms with Gasteiger partial charge in [0, 0.05) is 5.56 Å². The van der Waals surface area contributed by atoms with E-state index >= 15 is 0 Å². The van der Waals surface area contributed by atoms with E-state index in [-0.39, 0.29) is 16.1 Å². The van der Waals surface area contributed by atoms with Gasteiger partial charge in [-0.15, -0.1) is 0 Å². The number of carbonyl (C=O) groups is 1. The van der Waals surface area contributed by atoms with Crippen molar-refractivity contribution in [1.82, 2.24) is 5.32 Å². The lowest BCUT2D eigenvalue weighted by atomic mass is 10.1. The number of carboxylic acid groups (broad SMARTS) is 1. The van der Waals surface area contributed by atoms with E-state index in [4.69, 9.17) is 16.7 Å². The predicted octanol–water partition coefficient (Wildman–Crippen LogP) is 2.80. The van der Waals surface area contributed by atoms with Crippen LogP contribution in [0.25, 0.3) is 6.08 Å². The second-order valence-electron chi connectivity index (χ2n) is 3.45. The number of nitrogens with one attached hydrogen (secondary N) is 1. The minimum absolute atomic E-state index is 0.0344. The number of hydrogen-bond donors (Lipinski definition) is 2. The first-order chi connectivity index (χ1) is 8.06. The van der Waals surface area contributed by atoms with E-state index in [2.05, 4.69) is 5.32 Å². The molecule has 3 nitrogen and oxygen atoms in total. The molecule has 0 heterocycles. The summed E-state index contributed by atoms with van der Waals surface area (Å²) in [5.41, 5.74) is 0.0626. The molecule has 0 aliphatic rings. The van der Waals surface area contributed by atoms with Gasteiger partial charge in [0.1, 0.15) is 5.82 Å². The Morgan fingerprint density at radius 3 is 2.88 bits per heavy atom. The second kappa shape index (κ2) is 6.37. The quantitative estimate of drug-likeness (QED) is 0.798. The molecule has 0 fully saturated rings. The number of carboxylic acids is 1. The fraction of sp³-hybridized carbons (Fsp3) is 0.250. The molecule has 17 heavy (non-hydrogen) atoms. The van der Waals surface area contributed by atoms with Crippen molar-refractivity contribution >= 4 is 23.6 Å². The third kappa shape index (κ3) is 3.84. The van der Waals surface area contributed by atoms with Gasteiger partial charge in [-0.1, -0.05) is 23.8 Å². The average Bonchev–Trinajstić information content (AvgIpc) is 2.28. The highest BCUT2D eigenvalue weighted by Crippen LogP contribution is 2.22. The van der Waals surface area contributed by atoms with Gasteiger partial charge < -0.3 is 10.4 Å². The van der Waals surface area contributed by atoms with Crippen molar-refractivity contribution in [3.8, 4) is 0 Å². The number of halogens is 2. The first-order valence-corrected chi connectivity index (χ1v) is 5.47. The van der Waals surface area contributed by atoms with Gasteiger partial charge in [0.2, 0.25) is 0 Å².